The fourth-order valence-corrected chi connectivity index (χ4v) is 2.41. The highest BCUT2D eigenvalue weighted by molar-refractivity contribution is 5.72. The fourth-order valence-electron chi connectivity index (χ4n) is 2.41. The van der Waals surface area contributed by atoms with Gasteiger partial charge >= 0.3 is 18.0 Å². The largest absolute Gasteiger partial charge is 0.469 e. The van der Waals surface area contributed by atoms with Gasteiger partial charge in [-0.3, -0.25) is 4.79 Å². The van der Waals surface area contributed by atoms with Crippen LogP contribution in [0, 0.1) is 5.92 Å². The standard InChI is InChI=1S/C13H20N4O4/c1-19-10(18)8-4-6-9(7-5-8)14-11-15-12(20-2)17-13(16-11)21-3/h8-9H,4-7H2,1-3H3,(H,14,15,16,17). The number of hydrogen-bond donors (Lipinski definition) is 1. The van der Waals surface area contributed by atoms with E-state index in [4.69, 9.17) is 14.2 Å². The lowest BCUT2D eigenvalue weighted by Crippen LogP contribution is -2.30. The molecule has 1 N–H and O–H groups in total. The van der Waals surface area contributed by atoms with Gasteiger partial charge in [0.25, 0.3) is 0 Å². The second kappa shape index (κ2) is 7.05. The van der Waals surface area contributed by atoms with E-state index in [0.29, 0.717) is 5.95 Å². The van der Waals surface area contributed by atoms with Gasteiger partial charge in [0.1, 0.15) is 0 Å². The second-order valence-corrected chi connectivity index (χ2v) is 4.85. The third kappa shape index (κ3) is 3.93. The summed E-state index contributed by atoms with van der Waals surface area (Å²) in [5, 5.41) is 3.23. The average molecular weight is 296 g/mol. The quantitative estimate of drug-likeness (QED) is 0.805. The molecule has 1 saturated carbocycles. The monoisotopic (exact) mass is 296 g/mol. The van der Waals surface area contributed by atoms with Gasteiger partial charge in [-0.2, -0.15) is 9.97 Å². The summed E-state index contributed by atoms with van der Waals surface area (Å²) in [4.78, 5) is 23.7. The van der Waals surface area contributed by atoms with E-state index in [1.54, 1.807) is 0 Å². The number of carbonyl (C=O) groups is 1. The van der Waals surface area contributed by atoms with E-state index in [9.17, 15) is 4.79 Å². The predicted molar refractivity (Wildman–Crippen MR) is 74.3 cm³/mol. The summed E-state index contributed by atoms with van der Waals surface area (Å²) in [5.74, 6) is 0.285. The lowest BCUT2D eigenvalue weighted by Gasteiger charge is -2.27. The number of aromatic nitrogens is 3. The van der Waals surface area contributed by atoms with E-state index in [0.717, 1.165) is 25.7 Å². The summed E-state index contributed by atoms with van der Waals surface area (Å²) in [5.41, 5.74) is 0. The van der Waals surface area contributed by atoms with Gasteiger partial charge in [0.05, 0.1) is 27.2 Å². The fraction of sp³-hybridized carbons (Fsp3) is 0.692. The number of anilines is 1. The normalized spacial score (nSPS) is 21.5. The molecule has 1 fully saturated rings. The molecule has 0 unspecified atom stereocenters. The topological polar surface area (TPSA) is 95.5 Å². The summed E-state index contributed by atoms with van der Waals surface area (Å²) >= 11 is 0. The van der Waals surface area contributed by atoms with E-state index < -0.39 is 0 Å². The number of ether oxygens (including phenoxy) is 3. The number of esters is 1. The highest BCUT2D eigenvalue weighted by Gasteiger charge is 2.27. The number of nitrogens with one attached hydrogen (secondary N) is 1. The van der Waals surface area contributed by atoms with Crippen LogP contribution in [0.15, 0.2) is 0 Å². The third-order valence-corrected chi connectivity index (χ3v) is 3.55. The van der Waals surface area contributed by atoms with Crippen LogP contribution in [0.2, 0.25) is 0 Å². The van der Waals surface area contributed by atoms with Crippen LogP contribution in [0.4, 0.5) is 5.95 Å². The summed E-state index contributed by atoms with van der Waals surface area (Å²) in [6.45, 7) is 0. The van der Waals surface area contributed by atoms with Crippen LogP contribution in [0.3, 0.4) is 0 Å². The van der Waals surface area contributed by atoms with Crippen molar-refractivity contribution in [3.8, 4) is 12.0 Å². The molecule has 0 saturated heterocycles. The van der Waals surface area contributed by atoms with Crippen molar-refractivity contribution < 1.29 is 19.0 Å². The minimum absolute atomic E-state index is 0.00418. The molecule has 8 nitrogen and oxygen atoms in total. The first-order valence-electron chi connectivity index (χ1n) is 6.84. The van der Waals surface area contributed by atoms with Crippen LogP contribution < -0.4 is 14.8 Å². The van der Waals surface area contributed by atoms with Crippen molar-refractivity contribution in [1.29, 1.82) is 0 Å². The van der Waals surface area contributed by atoms with Crippen molar-refractivity contribution in [2.45, 2.75) is 31.7 Å². The molecule has 1 aliphatic rings. The molecule has 1 heterocycles. The van der Waals surface area contributed by atoms with E-state index in [-0.39, 0.29) is 29.9 Å². The summed E-state index contributed by atoms with van der Waals surface area (Å²) in [7, 11) is 4.40. The minimum Gasteiger partial charge on any atom is -0.469 e. The first kappa shape index (κ1) is 15.3. The molecule has 1 aliphatic carbocycles. The average Bonchev–Trinajstić information content (AvgIpc) is 2.54. The SMILES string of the molecule is COC(=O)C1CCC(Nc2nc(OC)nc(OC)n2)CC1. The zero-order valence-corrected chi connectivity index (χ0v) is 12.5. The molecule has 0 bridgehead atoms. The lowest BCUT2D eigenvalue weighted by atomic mass is 9.86. The van der Waals surface area contributed by atoms with Gasteiger partial charge in [-0.15, -0.1) is 4.98 Å². The van der Waals surface area contributed by atoms with Crippen molar-refractivity contribution in [2.75, 3.05) is 26.6 Å². The van der Waals surface area contributed by atoms with E-state index in [1.807, 2.05) is 0 Å². The van der Waals surface area contributed by atoms with E-state index >= 15 is 0 Å². The Morgan fingerprint density at radius 3 is 2.05 bits per heavy atom. The molecule has 116 valence electrons. The Hall–Kier alpha value is -2.12. The van der Waals surface area contributed by atoms with Crippen LogP contribution in [-0.2, 0) is 9.53 Å². The van der Waals surface area contributed by atoms with E-state index in [2.05, 4.69) is 20.3 Å². The second-order valence-electron chi connectivity index (χ2n) is 4.85. The Kier molecular flexibility index (Phi) is 5.13. The molecule has 0 radical (unpaired) electrons. The highest BCUT2D eigenvalue weighted by Crippen LogP contribution is 2.27. The smallest absolute Gasteiger partial charge is 0.324 e. The number of nitrogens with zero attached hydrogens (tertiary/aromatic N) is 3. The van der Waals surface area contributed by atoms with Crippen molar-refractivity contribution in [3.05, 3.63) is 0 Å². The number of rotatable bonds is 5. The van der Waals surface area contributed by atoms with Crippen LogP contribution in [0.1, 0.15) is 25.7 Å². The Bertz CT molecular complexity index is 467. The van der Waals surface area contributed by atoms with Crippen LogP contribution >= 0.6 is 0 Å². The molecular formula is C13H20N4O4. The molecule has 0 atom stereocenters. The van der Waals surface area contributed by atoms with Gasteiger partial charge in [0.15, 0.2) is 0 Å². The van der Waals surface area contributed by atoms with Crippen molar-refractivity contribution >= 4 is 11.9 Å². The summed E-state index contributed by atoms with van der Waals surface area (Å²) in [6.07, 6.45) is 3.31. The molecule has 0 amide bonds. The molecule has 0 aliphatic heterocycles. The maximum atomic E-state index is 11.5. The number of hydrogen-bond acceptors (Lipinski definition) is 8. The predicted octanol–water partition coefficient (Wildman–Crippen LogP) is 1.03. The Morgan fingerprint density at radius 2 is 1.57 bits per heavy atom. The maximum Gasteiger partial charge on any atom is 0.324 e. The van der Waals surface area contributed by atoms with Gasteiger partial charge in [0, 0.05) is 6.04 Å². The zero-order valence-electron chi connectivity index (χ0n) is 12.5. The molecule has 8 heteroatoms. The molecule has 1 aromatic rings. The Morgan fingerprint density at radius 1 is 1.00 bits per heavy atom. The van der Waals surface area contributed by atoms with Crippen molar-refractivity contribution in [2.24, 2.45) is 5.92 Å². The molecule has 1 aromatic heterocycles. The molecular weight excluding hydrogens is 276 g/mol. The molecule has 0 aromatic carbocycles. The first-order valence-corrected chi connectivity index (χ1v) is 6.84. The van der Waals surface area contributed by atoms with Gasteiger partial charge < -0.3 is 19.5 Å². The Labute approximate surface area is 123 Å². The van der Waals surface area contributed by atoms with Gasteiger partial charge in [-0.1, -0.05) is 0 Å². The van der Waals surface area contributed by atoms with E-state index in [1.165, 1.54) is 21.3 Å². The zero-order chi connectivity index (χ0) is 15.2. The maximum absolute atomic E-state index is 11.5. The van der Waals surface area contributed by atoms with Crippen molar-refractivity contribution in [1.82, 2.24) is 15.0 Å². The minimum atomic E-state index is -0.128. The van der Waals surface area contributed by atoms with Crippen molar-refractivity contribution in [3.63, 3.8) is 0 Å². The molecule has 0 spiro atoms. The lowest BCUT2D eigenvalue weighted by molar-refractivity contribution is -0.146. The van der Waals surface area contributed by atoms with Gasteiger partial charge in [-0.25, -0.2) is 0 Å². The number of methoxy groups -OCH3 is 3. The van der Waals surface area contributed by atoms with Crippen LogP contribution in [-0.4, -0.2) is 48.3 Å². The number of carbonyl (C=O) groups excluding carboxylic acids is 1. The Balaban J connectivity index is 1.95. The van der Waals surface area contributed by atoms with Crippen LogP contribution in [0.5, 0.6) is 12.0 Å². The highest BCUT2D eigenvalue weighted by atomic mass is 16.5. The van der Waals surface area contributed by atoms with Crippen LogP contribution in [0.25, 0.3) is 0 Å². The molecule has 2 rings (SSSR count). The van der Waals surface area contributed by atoms with Gasteiger partial charge in [-0.05, 0) is 25.7 Å². The van der Waals surface area contributed by atoms with Gasteiger partial charge in [0.2, 0.25) is 5.95 Å². The molecule has 21 heavy (non-hydrogen) atoms. The summed E-state index contributed by atoms with van der Waals surface area (Å²) < 4.78 is 14.8. The summed E-state index contributed by atoms with van der Waals surface area (Å²) in [6, 6.07) is 0.614. The third-order valence-electron chi connectivity index (χ3n) is 3.55. The first-order chi connectivity index (χ1) is 10.2.